The number of aromatic carboxylic acids is 1. The summed E-state index contributed by atoms with van der Waals surface area (Å²) in [5.74, 6) is -1.62. The molecular formula is C19H20N2O5S. The van der Waals surface area contributed by atoms with E-state index in [0.29, 0.717) is 5.69 Å². The molecule has 0 aromatic heterocycles. The summed E-state index contributed by atoms with van der Waals surface area (Å²) in [5.41, 5.74) is 0.534. The number of amides is 1. The average molecular weight is 388 g/mol. The number of nitrogens with one attached hydrogen (secondary N) is 2. The van der Waals surface area contributed by atoms with Crippen molar-refractivity contribution in [1.29, 1.82) is 0 Å². The van der Waals surface area contributed by atoms with Gasteiger partial charge in [-0.1, -0.05) is 25.0 Å². The monoisotopic (exact) mass is 388 g/mol. The zero-order valence-corrected chi connectivity index (χ0v) is 15.3. The lowest BCUT2D eigenvalue weighted by atomic mass is 10.2. The second kappa shape index (κ2) is 7.89. The van der Waals surface area contributed by atoms with Gasteiger partial charge in [-0.2, -0.15) is 0 Å². The van der Waals surface area contributed by atoms with Crippen LogP contribution >= 0.6 is 0 Å². The maximum absolute atomic E-state index is 12.5. The predicted octanol–water partition coefficient (Wildman–Crippen LogP) is 2.86. The van der Waals surface area contributed by atoms with Crippen molar-refractivity contribution in [2.45, 2.75) is 36.6 Å². The lowest BCUT2D eigenvalue weighted by Crippen LogP contribution is -2.32. The van der Waals surface area contributed by atoms with Crippen molar-refractivity contribution in [3.8, 4) is 0 Å². The minimum atomic E-state index is -3.70. The van der Waals surface area contributed by atoms with E-state index in [1.807, 2.05) is 0 Å². The topological polar surface area (TPSA) is 113 Å². The Balaban J connectivity index is 1.77. The third-order valence-electron chi connectivity index (χ3n) is 4.45. The smallest absolute Gasteiger partial charge is 0.335 e. The number of sulfonamides is 1. The van der Waals surface area contributed by atoms with E-state index in [9.17, 15) is 18.0 Å². The van der Waals surface area contributed by atoms with Crippen molar-refractivity contribution in [2.24, 2.45) is 0 Å². The maximum atomic E-state index is 12.5. The van der Waals surface area contributed by atoms with Crippen LogP contribution < -0.4 is 10.0 Å². The van der Waals surface area contributed by atoms with Crippen molar-refractivity contribution in [3.63, 3.8) is 0 Å². The van der Waals surface area contributed by atoms with Gasteiger partial charge in [-0.3, -0.25) is 4.79 Å². The Morgan fingerprint density at radius 1 is 0.963 bits per heavy atom. The van der Waals surface area contributed by atoms with Gasteiger partial charge in [-0.15, -0.1) is 0 Å². The second-order valence-corrected chi connectivity index (χ2v) is 8.18. The summed E-state index contributed by atoms with van der Waals surface area (Å²) in [4.78, 5) is 23.5. The van der Waals surface area contributed by atoms with Crippen molar-refractivity contribution in [1.82, 2.24) is 4.72 Å². The summed E-state index contributed by atoms with van der Waals surface area (Å²) in [6.45, 7) is 0. The summed E-state index contributed by atoms with van der Waals surface area (Å²) >= 11 is 0. The predicted molar refractivity (Wildman–Crippen MR) is 100 cm³/mol. The van der Waals surface area contributed by atoms with Gasteiger partial charge in [0.2, 0.25) is 10.0 Å². The average Bonchev–Trinajstić information content (AvgIpc) is 3.14. The molecule has 1 saturated carbocycles. The Bertz CT molecular complexity index is 966. The number of carboxylic acids is 1. The number of carbonyl (C=O) groups excluding carboxylic acids is 1. The van der Waals surface area contributed by atoms with Crippen LogP contribution in [0.25, 0.3) is 0 Å². The third kappa shape index (κ3) is 4.72. The van der Waals surface area contributed by atoms with Crippen LogP contribution in [0.3, 0.4) is 0 Å². The lowest BCUT2D eigenvalue weighted by molar-refractivity contribution is 0.0696. The van der Waals surface area contributed by atoms with Gasteiger partial charge in [0.15, 0.2) is 0 Å². The first kappa shape index (κ1) is 19.1. The van der Waals surface area contributed by atoms with E-state index >= 15 is 0 Å². The van der Waals surface area contributed by atoms with Gasteiger partial charge in [0, 0.05) is 17.3 Å². The SMILES string of the molecule is O=C(O)c1cccc(NC(=O)c2cccc(S(=O)(=O)NC3CCCC3)c2)c1. The molecule has 3 N–H and O–H groups in total. The van der Waals surface area contributed by atoms with Crippen molar-refractivity contribution < 1.29 is 23.1 Å². The number of rotatable bonds is 6. The van der Waals surface area contributed by atoms with Crippen molar-refractivity contribution >= 4 is 27.6 Å². The maximum Gasteiger partial charge on any atom is 0.335 e. The Morgan fingerprint density at radius 2 is 1.63 bits per heavy atom. The number of hydrogen-bond acceptors (Lipinski definition) is 4. The van der Waals surface area contributed by atoms with E-state index in [-0.39, 0.29) is 22.1 Å². The molecule has 1 amide bonds. The summed E-state index contributed by atoms with van der Waals surface area (Å²) in [5, 5.41) is 11.6. The van der Waals surface area contributed by atoms with Crippen molar-refractivity contribution in [3.05, 3.63) is 59.7 Å². The fraction of sp³-hybridized carbons (Fsp3) is 0.263. The number of carboxylic acid groups (broad SMARTS) is 1. The molecule has 3 rings (SSSR count). The van der Waals surface area contributed by atoms with Crippen LogP contribution in [0.1, 0.15) is 46.4 Å². The van der Waals surface area contributed by atoms with Gasteiger partial charge in [-0.05, 0) is 49.2 Å². The van der Waals surface area contributed by atoms with E-state index in [2.05, 4.69) is 10.0 Å². The summed E-state index contributed by atoms with van der Waals surface area (Å²) < 4.78 is 27.7. The molecule has 0 saturated heterocycles. The van der Waals surface area contributed by atoms with Gasteiger partial charge in [-0.25, -0.2) is 17.9 Å². The number of carbonyl (C=O) groups is 2. The molecule has 142 valence electrons. The fourth-order valence-electron chi connectivity index (χ4n) is 3.07. The Kier molecular flexibility index (Phi) is 5.57. The lowest BCUT2D eigenvalue weighted by Gasteiger charge is -2.13. The molecule has 0 unspecified atom stereocenters. The molecular weight excluding hydrogens is 368 g/mol. The van der Waals surface area contributed by atoms with Crippen LogP contribution in [0.15, 0.2) is 53.4 Å². The van der Waals surface area contributed by atoms with Crippen LogP contribution in [0.4, 0.5) is 5.69 Å². The van der Waals surface area contributed by atoms with E-state index in [4.69, 9.17) is 5.11 Å². The first-order valence-electron chi connectivity index (χ1n) is 8.62. The fourth-order valence-corrected chi connectivity index (χ4v) is 4.42. The largest absolute Gasteiger partial charge is 0.478 e. The highest BCUT2D eigenvalue weighted by Crippen LogP contribution is 2.21. The van der Waals surface area contributed by atoms with E-state index < -0.39 is 21.9 Å². The molecule has 1 fully saturated rings. The van der Waals surface area contributed by atoms with Crippen LogP contribution in [-0.2, 0) is 10.0 Å². The molecule has 0 bridgehead atoms. The third-order valence-corrected chi connectivity index (χ3v) is 5.97. The van der Waals surface area contributed by atoms with Gasteiger partial charge >= 0.3 is 5.97 Å². The molecule has 0 aliphatic heterocycles. The zero-order valence-electron chi connectivity index (χ0n) is 14.5. The van der Waals surface area contributed by atoms with E-state index in [1.165, 1.54) is 42.5 Å². The zero-order chi connectivity index (χ0) is 19.4. The number of benzene rings is 2. The normalized spacial score (nSPS) is 14.8. The quantitative estimate of drug-likeness (QED) is 0.704. The molecule has 1 aliphatic rings. The first-order valence-corrected chi connectivity index (χ1v) is 10.1. The Labute approximate surface area is 157 Å². The summed E-state index contributed by atoms with van der Waals surface area (Å²) in [6, 6.07) is 11.5. The number of hydrogen-bond donors (Lipinski definition) is 3. The van der Waals surface area contributed by atoms with Gasteiger partial charge in [0.05, 0.1) is 10.5 Å². The van der Waals surface area contributed by atoms with Gasteiger partial charge in [0.25, 0.3) is 5.91 Å². The van der Waals surface area contributed by atoms with E-state index in [0.717, 1.165) is 25.7 Å². The highest BCUT2D eigenvalue weighted by molar-refractivity contribution is 7.89. The molecule has 0 atom stereocenters. The van der Waals surface area contributed by atoms with E-state index in [1.54, 1.807) is 6.07 Å². The van der Waals surface area contributed by atoms with Crippen LogP contribution in [0.2, 0.25) is 0 Å². The van der Waals surface area contributed by atoms with Crippen LogP contribution in [-0.4, -0.2) is 31.4 Å². The highest BCUT2D eigenvalue weighted by atomic mass is 32.2. The second-order valence-electron chi connectivity index (χ2n) is 6.47. The van der Waals surface area contributed by atoms with Crippen molar-refractivity contribution in [2.75, 3.05) is 5.32 Å². The molecule has 1 aliphatic carbocycles. The van der Waals surface area contributed by atoms with Crippen LogP contribution in [0.5, 0.6) is 0 Å². The molecule has 0 heterocycles. The van der Waals surface area contributed by atoms with Gasteiger partial charge in [0.1, 0.15) is 0 Å². The minimum Gasteiger partial charge on any atom is -0.478 e. The molecule has 7 nitrogen and oxygen atoms in total. The summed E-state index contributed by atoms with van der Waals surface area (Å²) in [6.07, 6.45) is 3.65. The molecule has 8 heteroatoms. The Morgan fingerprint density at radius 3 is 2.33 bits per heavy atom. The molecule has 0 radical (unpaired) electrons. The molecule has 2 aromatic carbocycles. The molecule has 2 aromatic rings. The molecule has 27 heavy (non-hydrogen) atoms. The first-order chi connectivity index (χ1) is 12.8. The van der Waals surface area contributed by atoms with Gasteiger partial charge < -0.3 is 10.4 Å². The highest BCUT2D eigenvalue weighted by Gasteiger charge is 2.23. The minimum absolute atomic E-state index is 0.0290. The standard InChI is InChI=1S/C19H20N2O5S/c22-18(20-16-9-3-6-14(11-16)19(23)24)13-5-4-10-17(12-13)27(25,26)21-15-7-1-2-8-15/h3-6,9-12,15,21H,1-2,7-8H2,(H,20,22)(H,23,24). The Hall–Kier alpha value is -2.71. The van der Waals surface area contributed by atoms with Crippen LogP contribution in [0, 0.1) is 0 Å². The summed E-state index contributed by atoms with van der Waals surface area (Å²) in [7, 11) is -3.70. The number of anilines is 1. The molecule has 0 spiro atoms.